The predicted molar refractivity (Wildman–Crippen MR) is 68.5 cm³/mol. The maximum absolute atomic E-state index is 12.2. The first-order chi connectivity index (χ1) is 8.58. The van der Waals surface area contributed by atoms with Gasteiger partial charge in [-0.2, -0.15) is 5.10 Å². The van der Waals surface area contributed by atoms with Gasteiger partial charge in [-0.25, -0.2) is 13.1 Å². The van der Waals surface area contributed by atoms with Crippen molar-refractivity contribution in [2.75, 3.05) is 7.05 Å². The van der Waals surface area contributed by atoms with Crippen molar-refractivity contribution in [2.24, 2.45) is 5.92 Å². The summed E-state index contributed by atoms with van der Waals surface area (Å²) in [6.45, 7) is 2.60. The fourth-order valence-corrected chi connectivity index (χ4v) is 3.64. The third-order valence-electron chi connectivity index (χ3n) is 3.20. The monoisotopic (exact) mass is 272 g/mol. The smallest absolute Gasteiger partial charge is 0.258 e. The van der Waals surface area contributed by atoms with Crippen molar-refractivity contribution in [3.05, 3.63) is 11.8 Å². The Bertz CT molecular complexity index is 497. The lowest BCUT2D eigenvalue weighted by molar-refractivity contribution is 0.567. The van der Waals surface area contributed by atoms with Gasteiger partial charge in [0.1, 0.15) is 0 Å². The molecule has 0 bridgehead atoms. The summed E-state index contributed by atoms with van der Waals surface area (Å²) in [5.74, 6) is 0.500. The van der Waals surface area contributed by atoms with Crippen molar-refractivity contribution >= 4 is 10.0 Å². The molecule has 2 rings (SSSR count). The lowest BCUT2D eigenvalue weighted by Crippen LogP contribution is -2.28. The van der Waals surface area contributed by atoms with Gasteiger partial charge in [-0.15, -0.1) is 0 Å². The topological polar surface area (TPSA) is 86.9 Å². The fraction of sp³-hybridized carbons (Fsp3) is 0.727. The zero-order valence-electron chi connectivity index (χ0n) is 10.7. The summed E-state index contributed by atoms with van der Waals surface area (Å²) < 4.78 is 27.1. The molecule has 0 aliphatic heterocycles. The van der Waals surface area contributed by atoms with Gasteiger partial charge in [-0.3, -0.25) is 5.10 Å². The van der Waals surface area contributed by atoms with E-state index in [1.807, 2.05) is 0 Å². The molecule has 7 heteroatoms. The minimum absolute atomic E-state index is 0.0979. The SMILES string of the molecule is CCCC1CC1NS(=O)(=O)c1[nH]ncc1CNC. The highest BCUT2D eigenvalue weighted by atomic mass is 32.2. The Balaban J connectivity index is 2.05. The Morgan fingerprint density at radius 3 is 3.00 bits per heavy atom. The van der Waals surface area contributed by atoms with Crippen LogP contribution in [0.15, 0.2) is 11.2 Å². The van der Waals surface area contributed by atoms with E-state index in [2.05, 4.69) is 27.2 Å². The Kier molecular flexibility index (Phi) is 4.04. The minimum atomic E-state index is -3.47. The van der Waals surface area contributed by atoms with Crippen molar-refractivity contribution in [3.8, 4) is 0 Å². The van der Waals surface area contributed by atoms with Gasteiger partial charge >= 0.3 is 0 Å². The van der Waals surface area contributed by atoms with Crippen LogP contribution in [0, 0.1) is 5.92 Å². The van der Waals surface area contributed by atoms with Gasteiger partial charge in [0.15, 0.2) is 5.03 Å². The first-order valence-electron chi connectivity index (χ1n) is 6.27. The molecule has 6 nitrogen and oxygen atoms in total. The summed E-state index contributed by atoms with van der Waals surface area (Å²) in [4.78, 5) is 0. The molecule has 1 fully saturated rings. The molecule has 0 spiro atoms. The highest BCUT2D eigenvalue weighted by Gasteiger charge is 2.40. The number of hydrogen-bond donors (Lipinski definition) is 3. The van der Waals surface area contributed by atoms with E-state index in [9.17, 15) is 8.42 Å². The Morgan fingerprint density at radius 1 is 1.56 bits per heavy atom. The standard InChI is InChI=1S/C11H20N4O2S/c1-3-4-8-5-10(8)15-18(16,17)11-9(6-12-2)7-13-14-11/h7-8,10,12,15H,3-6H2,1-2H3,(H,13,14). The summed E-state index contributed by atoms with van der Waals surface area (Å²) in [5.41, 5.74) is 0.665. The van der Waals surface area contributed by atoms with E-state index in [1.165, 1.54) is 0 Å². The summed E-state index contributed by atoms with van der Waals surface area (Å²) in [5, 5.41) is 9.48. The van der Waals surface area contributed by atoms with Crippen LogP contribution in [-0.4, -0.2) is 31.7 Å². The van der Waals surface area contributed by atoms with Gasteiger partial charge in [0, 0.05) is 18.2 Å². The summed E-state index contributed by atoms with van der Waals surface area (Å²) in [6, 6.07) is 0.0979. The van der Waals surface area contributed by atoms with Gasteiger partial charge in [0.2, 0.25) is 0 Å². The van der Waals surface area contributed by atoms with Crippen molar-refractivity contribution in [1.82, 2.24) is 20.2 Å². The number of hydrogen-bond acceptors (Lipinski definition) is 4. The molecule has 0 aromatic carbocycles. The van der Waals surface area contributed by atoms with Gasteiger partial charge < -0.3 is 5.32 Å². The van der Waals surface area contributed by atoms with Gasteiger partial charge in [-0.05, 0) is 25.8 Å². The molecule has 1 heterocycles. The van der Waals surface area contributed by atoms with Crippen molar-refractivity contribution in [3.63, 3.8) is 0 Å². The molecule has 18 heavy (non-hydrogen) atoms. The Hall–Kier alpha value is -0.920. The maximum Gasteiger partial charge on any atom is 0.258 e. The van der Waals surface area contributed by atoms with Crippen LogP contribution in [0.5, 0.6) is 0 Å². The molecule has 0 amide bonds. The molecule has 102 valence electrons. The minimum Gasteiger partial charge on any atom is -0.316 e. The summed E-state index contributed by atoms with van der Waals surface area (Å²) in [7, 11) is -1.69. The zero-order valence-corrected chi connectivity index (χ0v) is 11.5. The first-order valence-corrected chi connectivity index (χ1v) is 7.76. The van der Waals surface area contributed by atoms with E-state index in [-0.39, 0.29) is 11.1 Å². The average Bonchev–Trinajstić information content (AvgIpc) is 2.84. The maximum atomic E-state index is 12.2. The van der Waals surface area contributed by atoms with E-state index >= 15 is 0 Å². The van der Waals surface area contributed by atoms with Crippen molar-refractivity contribution in [2.45, 2.75) is 43.8 Å². The van der Waals surface area contributed by atoms with Gasteiger partial charge in [-0.1, -0.05) is 13.3 Å². The molecule has 1 aromatic heterocycles. The van der Waals surface area contributed by atoms with E-state index in [1.54, 1.807) is 13.2 Å². The van der Waals surface area contributed by atoms with Crippen LogP contribution in [0.1, 0.15) is 31.7 Å². The number of rotatable bonds is 7. The Labute approximate surface area is 108 Å². The predicted octanol–water partition coefficient (Wildman–Crippen LogP) is 0.596. The molecule has 2 unspecified atom stereocenters. The van der Waals surface area contributed by atoms with Crippen LogP contribution in [0.3, 0.4) is 0 Å². The van der Waals surface area contributed by atoms with Crippen LogP contribution in [0.25, 0.3) is 0 Å². The molecular formula is C11H20N4O2S. The number of aromatic amines is 1. The van der Waals surface area contributed by atoms with Crippen LogP contribution < -0.4 is 10.0 Å². The first kappa shape index (κ1) is 13.5. The number of sulfonamides is 1. The molecule has 0 radical (unpaired) electrons. The molecule has 0 saturated heterocycles. The van der Waals surface area contributed by atoms with Crippen LogP contribution in [-0.2, 0) is 16.6 Å². The second-order valence-corrected chi connectivity index (χ2v) is 6.42. The van der Waals surface area contributed by atoms with E-state index in [4.69, 9.17) is 0 Å². The van der Waals surface area contributed by atoms with Crippen LogP contribution in [0.4, 0.5) is 0 Å². The summed E-state index contributed by atoms with van der Waals surface area (Å²) >= 11 is 0. The van der Waals surface area contributed by atoms with Gasteiger partial charge in [0.25, 0.3) is 10.0 Å². The lowest BCUT2D eigenvalue weighted by Gasteiger charge is -2.06. The van der Waals surface area contributed by atoms with Crippen LogP contribution in [0.2, 0.25) is 0 Å². The molecule has 1 aliphatic carbocycles. The molecule has 1 aliphatic rings. The number of nitrogens with zero attached hydrogens (tertiary/aromatic N) is 1. The van der Waals surface area contributed by atoms with Crippen molar-refractivity contribution in [1.29, 1.82) is 0 Å². The number of nitrogens with one attached hydrogen (secondary N) is 3. The largest absolute Gasteiger partial charge is 0.316 e. The number of H-pyrrole nitrogens is 1. The number of aromatic nitrogens is 2. The molecule has 2 atom stereocenters. The molecular weight excluding hydrogens is 252 g/mol. The Morgan fingerprint density at radius 2 is 2.33 bits per heavy atom. The highest BCUT2D eigenvalue weighted by Crippen LogP contribution is 2.35. The van der Waals surface area contributed by atoms with Crippen molar-refractivity contribution < 1.29 is 8.42 Å². The highest BCUT2D eigenvalue weighted by molar-refractivity contribution is 7.89. The quantitative estimate of drug-likeness (QED) is 0.678. The third-order valence-corrected chi connectivity index (χ3v) is 4.71. The second kappa shape index (κ2) is 5.38. The molecule has 1 saturated carbocycles. The summed E-state index contributed by atoms with van der Waals surface area (Å²) in [6.07, 6.45) is 4.67. The fourth-order valence-electron chi connectivity index (χ4n) is 2.19. The van der Waals surface area contributed by atoms with Gasteiger partial charge in [0.05, 0.1) is 6.20 Å². The average molecular weight is 272 g/mol. The third kappa shape index (κ3) is 2.90. The molecule has 3 N–H and O–H groups in total. The van der Waals surface area contributed by atoms with E-state index < -0.39 is 10.0 Å². The normalized spacial score (nSPS) is 23.2. The lowest BCUT2D eigenvalue weighted by atomic mass is 10.2. The second-order valence-electron chi connectivity index (χ2n) is 4.77. The molecule has 1 aromatic rings. The van der Waals surface area contributed by atoms with E-state index in [0.717, 1.165) is 19.3 Å². The zero-order chi connectivity index (χ0) is 13.2. The van der Waals surface area contributed by atoms with E-state index in [0.29, 0.717) is 18.0 Å². The van der Waals surface area contributed by atoms with Crippen LogP contribution >= 0.6 is 0 Å².